The van der Waals surface area contributed by atoms with Gasteiger partial charge in [-0.1, -0.05) is 16.7 Å². The number of pyridine rings is 1. The maximum Gasteiger partial charge on any atom is 0.396 e. The van der Waals surface area contributed by atoms with E-state index in [-0.39, 0.29) is 33.5 Å². The van der Waals surface area contributed by atoms with Crippen molar-refractivity contribution in [3.63, 3.8) is 0 Å². The van der Waals surface area contributed by atoms with Crippen LogP contribution in [0, 0.1) is 10.1 Å². The lowest BCUT2D eigenvalue weighted by Crippen LogP contribution is -2.04. The number of esters is 1. The average molecular weight is 331 g/mol. The second kappa shape index (κ2) is 6.50. The number of carbonyl (C=O) groups is 1. The minimum Gasteiger partial charge on any atom is -0.459 e. The number of halogens is 1. The zero-order chi connectivity index (χ0) is 15.4. The molecule has 0 radical (unpaired) electrons. The van der Waals surface area contributed by atoms with Crippen LogP contribution in [-0.2, 0) is 4.74 Å². The van der Waals surface area contributed by atoms with Crippen molar-refractivity contribution < 1.29 is 18.9 Å². The molecule has 0 atom stereocenters. The molecular weight excluding hydrogens is 324 g/mol. The molecule has 2 aromatic rings. The molecule has 2 heterocycles. The van der Waals surface area contributed by atoms with Crippen LogP contribution in [0.4, 0.5) is 5.69 Å². The first-order chi connectivity index (χ1) is 10.0. The summed E-state index contributed by atoms with van der Waals surface area (Å²) >= 11 is 6.40. The molecule has 0 amide bonds. The minimum absolute atomic E-state index is 0.0171. The van der Waals surface area contributed by atoms with Crippen LogP contribution in [0.25, 0.3) is 0 Å². The van der Waals surface area contributed by atoms with Crippen molar-refractivity contribution in [3.8, 4) is 0 Å². The summed E-state index contributed by atoms with van der Waals surface area (Å²) in [7, 11) is 0. The number of rotatable bonds is 5. The molecule has 0 bridgehead atoms. The van der Waals surface area contributed by atoms with Crippen molar-refractivity contribution in [1.82, 2.24) is 15.2 Å². The maximum atomic E-state index is 11.4. The van der Waals surface area contributed by atoms with Gasteiger partial charge in [0, 0.05) is 12.3 Å². The molecule has 0 aliphatic heterocycles. The van der Waals surface area contributed by atoms with E-state index in [2.05, 4.69) is 19.9 Å². The van der Waals surface area contributed by atoms with Crippen LogP contribution in [0.2, 0.25) is 5.02 Å². The van der Waals surface area contributed by atoms with Crippen LogP contribution in [0.5, 0.6) is 0 Å². The third kappa shape index (κ3) is 3.67. The Morgan fingerprint density at radius 3 is 3.00 bits per heavy atom. The first-order valence-corrected chi connectivity index (χ1v) is 6.69. The molecule has 0 aliphatic rings. The van der Waals surface area contributed by atoms with E-state index in [9.17, 15) is 14.9 Å². The standard InChI is InChI=1S/C10H7ClN4O5S/c1-2-19-9(16)7-13-14-10(20-7)21-8-6(15(17)18)3-5(11)4-12-8/h3-4H,2H2,1H3. The lowest BCUT2D eigenvalue weighted by atomic mass is 10.4. The Morgan fingerprint density at radius 1 is 1.57 bits per heavy atom. The molecule has 21 heavy (non-hydrogen) atoms. The summed E-state index contributed by atoms with van der Waals surface area (Å²) in [5.74, 6) is -1.11. The van der Waals surface area contributed by atoms with Gasteiger partial charge in [-0.2, -0.15) is 0 Å². The first kappa shape index (κ1) is 15.2. The van der Waals surface area contributed by atoms with Crippen molar-refractivity contribution in [2.75, 3.05) is 6.61 Å². The monoisotopic (exact) mass is 330 g/mol. The Morgan fingerprint density at radius 2 is 2.33 bits per heavy atom. The number of hydrogen-bond donors (Lipinski definition) is 0. The normalized spacial score (nSPS) is 10.4. The fourth-order valence-electron chi connectivity index (χ4n) is 1.23. The molecule has 0 fully saturated rings. The van der Waals surface area contributed by atoms with Gasteiger partial charge in [-0.05, 0) is 18.7 Å². The van der Waals surface area contributed by atoms with Crippen LogP contribution in [-0.4, -0.2) is 32.7 Å². The molecule has 0 N–H and O–H groups in total. The molecule has 0 unspecified atom stereocenters. The highest BCUT2D eigenvalue weighted by molar-refractivity contribution is 7.99. The van der Waals surface area contributed by atoms with E-state index in [0.717, 1.165) is 17.8 Å². The van der Waals surface area contributed by atoms with E-state index in [1.807, 2.05) is 0 Å². The number of carbonyl (C=O) groups excluding carboxylic acids is 1. The number of hydrogen-bond acceptors (Lipinski definition) is 9. The summed E-state index contributed by atoms with van der Waals surface area (Å²) in [6, 6.07) is 1.15. The zero-order valence-corrected chi connectivity index (χ0v) is 12.1. The minimum atomic E-state index is -0.768. The highest BCUT2D eigenvalue weighted by atomic mass is 35.5. The Kier molecular flexibility index (Phi) is 4.70. The van der Waals surface area contributed by atoms with E-state index in [1.54, 1.807) is 6.92 Å². The van der Waals surface area contributed by atoms with E-state index in [1.165, 1.54) is 6.20 Å². The summed E-state index contributed by atoms with van der Waals surface area (Å²) < 4.78 is 9.72. The first-order valence-electron chi connectivity index (χ1n) is 5.49. The van der Waals surface area contributed by atoms with E-state index >= 15 is 0 Å². The molecule has 0 saturated heterocycles. The second-order valence-electron chi connectivity index (χ2n) is 3.43. The fraction of sp³-hybridized carbons (Fsp3) is 0.200. The molecule has 2 aromatic heterocycles. The van der Waals surface area contributed by atoms with Crippen molar-refractivity contribution >= 4 is 35.0 Å². The Hall–Kier alpha value is -2.20. The molecule has 0 spiro atoms. The Balaban J connectivity index is 2.23. The predicted molar refractivity (Wildman–Crippen MR) is 70.3 cm³/mol. The third-order valence-electron chi connectivity index (χ3n) is 2.04. The van der Waals surface area contributed by atoms with Crippen LogP contribution in [0.1, 0.15) is 17.6 Å². The predicted octanol–water partition coefficient (Wildman–Crippen LogP) is 2.35. The van der Waals surface area contributed by atoms with Crippen molar-refractivity contribution in [2.45, 2.75) is 17.2 Å². The molecule has 11 heteroatoms. The van der Waals surface area contributed by atoms with Crippen LogP contribution in [0.15, 0.2) is 26.9 Å². The second-order valence-corrected chi connectivity index (χ2v) is 4.81. The number of ether oxygens (including phenoxy) is 1. The van der Waals surface area contributed by atoms with Crippen LogP contribution in [0.3, 0.4) is 0 Å². The molecule has 110 valence electrons. The molecule has 9 nitrogen and oxygen atoms in total. The summed E-state index contributed by atoms with van der Waals surface area (Å²) in [4.78, 5) is 25.5. The lowest BCUT2D eigenvalue weighted by Gasteiger charge is -1.98. The number of nitrogens with zero attached hydrogens (tertiary/aromatic N) is 4. The topological polar surface area (TPSA) is 121 Å². The van der Waals surface area contributed by atoms with Gasteiger partial charge in [0.1, 0.15) is 0 Å². The summed E-state index contributed by atoms with van der Waals surface area (Å²) in [5.41, 5.74) is -0.302. The van der Waals surface area contributed by atoms with E-state index in [4.69, 9.17) is 16.0 Å². The molecule has 0 saturated carbocycles. The van der Waals surface area contributed by atoms with Gasteiger partial charge in [-0.25, -0.2) is 9.78 Å². The zero-order valence-electron chi connectivity index (χ0n) is 10.5. The quantitative estimate of drug-likeness (QED) is 0.461. The highest BCUT2D eigenvalue weighted by Crippen LogP contribution is 2.33. The van der Waals surface area contributed by atoms with Gasteiger partial charge in [0.25, 0.3) is 5.22 Å². The third-order valence-corrected chi connectivity index (χ3v) is 3.09. The molecular formula is C10H7ClN4O5S. The van der Waals surface area contributed by atoms with Gasteiger partial charge < -0.3 is 9.15 Å². The van der Waals surface area contributed by atoms with Gasteiger partial charge in [0.2, 0.25) is 0 Å². The summed E-state index contributed by atoms with van der Waals surface area (Å²) in [6.07, 6.45) is 1.25. The smallest absolute Gasteiger partial charge is 0.396 e. The van der Waals surface area contributed by atoms with Gasteiger partial charge >= 0.3 is 17.5 Å². The average Bonchev–Trinajstić information content (AvgIpc) is 2.89. The van der Waals surface area contributed by atoms with Crippen molar-refractivity contribution in [2.24, 2.45) is 0 Å². The van der Waals surface area contributed by atoms with Crippen molar-refractivity contribution in [3.05, 3.63) is 33.3 Å². The number of nitro groups is 1. The van der Waals surface area contributed by atoms with Crippen molar-refractivity contribution in [1.29, 1.82) is 0 Å². The SMILES string of the molecule is CCOC(=O)c1nnc(Sc2ncc(Cl)cc2[N+](=O)[O-])o1. The van der Waals surface area contributed by atoms with E-state index in [0.29, 0.717) is 0 Å². The molecule has 0 aliphatic carbocycles. The van der Waals surface area contributed by atoms with Gasteiger partial charge in [0.15, 0.2) is 5.03 Å². The fourth-order valence-corrected chi connectivity index (χ4v) is 2.10. The Labute approximate surface area is 126 Å². The van der Waals surface area contributed by atoms with Gasteiger partial charge in [-0.3, -0.25) is 10.1 Å². The number of aromatic nitrogens is 3. The Bertz CT molecular complexity index is 692. The van der Waals surface area contributed by atoms with Gasteiger partial charge in [-0.15, -0.1) is 5.10 Å². The van der Waals surface area contributed by atoms with Crippen LogP contribution >= 0.6 is 23.4 Å². The summed E-state index contributed by atoms with van der Waals surface area (Å²) in [5, 5.41) is 18.1. The lowest BCUT2D eigenvalue weighted by molar-refractivity contribution is -0.388. The van der Waals surface area contributed by atoms with Gasteiger partial charge in [0.05, 0.1) is 16.6 Å². The molecule has 2 rings (SSSR count). The molecule has 0 aromatic carbocycles. The largest absolute Gasteiger partial charge is 0.459 e. The summed E-state index contributed by atoms with van der Waals surface area (Å²) in [6.45, 7) is 1.79. The van der Waals surface area contributed by atoms with Crippen LogP contribution < -0.4 is 0 Å². The highest BCUT2D eigenvalue weighted by Gasteiger charge is 2.22. The van der Waals surface area contributed by atoms with E-state index < -0.39 is 10.9 Å². The maximum absolute atomic E-state index is 11.4.